The summed E-state index contributed by atoms with van der Waals surface area (Å²) in [6.45, 7) is 4.09. The molecule has 0 aliphatic rings. The van der Waals surface area contributed by atoms with Crippen LogP contribution in [0.1, 0.15) is 27.3 Å². The van der Waals surface area contributed by atoms with E-state index in [1.165, 1.54) is 0 Å². The Hall–Kier alpha value is -3.25. The van der Waals surface area contributed by atoms with Crippen LogP contribution in [0.25, 0.3) is 0 Å². The molecule has 0 atom stereocenters. The fraction of sp³-hybridized carbons (Fsp3) is 0.182. The molecule has 0 spiro atoms. The van der Waals surface area contributed by atoms with Gasteiger partial charge in [-0.1, -0.05) is 23.7 Å². The highest BCUT2D eigenvalue weighted by Crippen LogP contribution is 2.13. The number of ether oxygens (including phenoxy) is 1. The molecular formula is C22H22ClN3O3. The maximum Gasteiger partial charge on any atom is 0.270 e. The third kappa shape index (κ3) is 5.62. The number of halogens is 1. The van der Waals surface area contributed by atoms with Crippen molar-refractivity contribution in [2.75, 3.05) is 12.0 Å². The van der Waals surface area contributed by atoms with Gasteiger partial charge in [0, 0.05) is 28.5 Å². The first-order valence-electron chi connectivity index (χ1n) is 9.12. The van der Waals surface area contributed by atoms with Crippen LogP contribution in [-0.2, 0) is 11.3 Å². The predicted octanol–water partition coefficient (Wildman–Crippen LogP) is 3.84. The smallest absolute Gasteiger partial charge is 0.270 e. The highest BCUT2D eigenvalue weighted by atomic mass is 35.5. The molecule has 2 amide bonds. The molecule has 0 fully saturated rings. The van der Waals surface area contributed by atoms with Gasteiger partial charge < -0.3 is 10.1 Å². The van der Waals surface area contributed by atoms with Crippen LogP contribution in [0.2, 0.25) is 5.02 Å². The number of carbonyl (C=O) groups is 2. The number of rotatable bonds is 7. The van der Waals surface area contributed by atoms with Crippen LogP contribution in [0.4, 0.5) is 0 Å². The van der Waals surface area contributed by atoms with Gasteiger partial charge in [-0.15, -0.1) is 0 Å². The lowest BCUT2D eigenvalue weighted by molar-refractivity contribution is -0.123. The molecule has 0 unspecified atom stereocenters. The molecular weight excluding hydrogens is 390 g/mol. The SMILES string of the molecule is Cc1ccc(C)n1NC(=O)c1ccc(OCC(=O)NCc2cccc(Cl)c2)cc1. The zero-order valence-electron chi connectivity index (χ0n) is 16.2. The van der Waals surface area contributed by atoms with Gasteiger partial charge in [0.25, 0.3) is 11.8 Å². The molecule has 1 aromatic heterocycles. The topological polar surface area (TPSA) is 72.4 Å². The number of carbonyl (C=O) groups excluding carboxylic acids is 2. The average molecular weight is 412 g/mol. The first kappa shape index (κ1) is 20.5. The summed E-state index contributed by atoms with van der Waals surface area (Å²) in [5.74, 6) is 0.0383. The number of nitrogens with one attached hydrogen (secondary N) is 2. The predicted molar refractivity (Wildman–Crippen MR) is 113 cm³/mol. The Kier molecular flexibility index (Phi) is 6.57. The van der Waals surface area contributed by atoms with Crippen molar-refractivity contribution in [3.05, 3.63) is 88.2 Å². The summed E-state index contributed by atoms with van der Waals surface area (Å²) in [5, 5.41) is 3.40. The molecule has 7 heteroatoms. The minimum atomic E-state index is -0.245. The zero-order chi connectivity index (χ0) is 20.8. The highest BCUT2D eigenvalue weighted by Gasteiger charge is 2.09. The van der Waals surface area contributed by atoms with Gasteiger partial charge in [0.2, 0.25) is 0 Å². The molecule has 1 heterocycles. The van der Waals surface area contributed by atoms with Gasteiger partial charge in [-0.25, -0.2) is 0 Å². The molecule has 0 aliphatic carbocycles. The summed E-state index contributed by atoms with van der Waals surface area (Å²) in [6.07, 6.45) is 0. The van der Waals surface area contributed by atoms with Crippen molar-refractivity contribution in [1.82, 2.24) is 9.99 Å². The lowest BCUT2D eigenvalue weighted by atomic mass is 10.2. The summed E-state index contributed by atoms with van der Waals surface area (Å²) in [7, 11) is 0. The van der Waals surface area contributed by atoms with Crippen LogP contribution in [0.15, 0.2) is 60.7 Å². The van der Waals surface area contributed by atoms with Crippen LogP contribution in [0.3, 0.4) is 0 Å². The van der Waals surface area contributed by atoms with Crippen LogP contribution >= 0.6 is 11.6 Å². The van der Waals surface area contributed by atoms with Gasteiger partial charge in [-0.2, -0.15) is 0 Å². The van der Waals surface area contributed by atoms with E-state index < -0.39 is 0 Å². The number of amides is 2. The molecule has 2 aromatic carbocycles. The second-order valence-electron chi connectivity index (χ2n) is 6.61. The van der Waals surface area contributed by atoms with Crippen molar-refractivity contribution in [2.45, 2.75) is 20.4 Å². The van der Waals surface area contributed by atoms with E-state index >= 15 is 0 Å². The zero-order valence-corrected chi connectivity index (χ0v) is 17.0. The van der Waals surface area contributed by atoms with E-state index in [1.807, 2.05) is 38.1 Å². The Morgan fingerprint density at radius 3 is 2.34 bits per heavy atom. The standard InChI is InChI=1S/C22H22ClN3O3/c1-15-6-7-16(2)26(15)25-22(28)18-8-10-20(11-9-18)29-14-21(27)24-13-17-4-3-5-19(23)12-17/h3-12H,13-14H2,1-2H3,(H,24,27)(H,25,28). The number of aryl methyl sites for hydroxylation is 2. The van der Waals surface area contributed by atoms with Crippen molar-refractivity contribution in [1.29, 1.82) is 0 Å². The van der Waals surface area contributed by atoms with Crippen LogP contribution in [0.5, 0.6) is 5.75 Å². The first-order chi connectivity index (χ1) is 13.9. The quantitative estimate of drug-likeness (QED) is 0.620. The molecule has 3 rings (SSSR count). The molecule has 6 nitrogen and oxygen atoms in total. The third-order valence-corrected chi connectivity index (χ3v) is 4.58. The Morgan fingerprint density at radius 1 is 1.00 bits per heavy atom. The molecule has 0 bridgehead atoms. The molecule has 2 N–H and O–H groups in total. The fourth-order valence-electron chi connectivity index (χ4n) is 2.76. The molecule has 0 saturated heterocycles. The number of aromatic nitrogens is 1. The molecule has 150 valence electrons. The summed E-state index contributed by atoms with van der Waals surface area (Å²) < 4.78 is 7.22. The number of hydrogen-bond donors (Lipinski definition) is 2. The van der Waals surface area contributed by atoms with Crippen LogP contribution in [-0.4, -0.2) is 23.1 Å². The third-order valence-electron chi connectivity index (χ3n) is 4.35. The van der Waals surface area contributed by atoms with Gasteiger partial charge in [0.1, 0.15) is 5.75 Å². The maximum absolute atomic E-state index is 12.4. The molecule has 29 heavy (non-hydrogen) atoms. The number of benzene rings is 2. The van der Waals surface area contributed by atoms with E-state index in [-0.39, 0.29) is 18.4 Å². The van der Waals surface area contributed by atoms with E-state index in [1.54, 1.807) is 41.1 Å². The van der Waals surface area contributed by atoms with Crippen LogP contribution < -0.4 is 15.5 Å². The normalized spacial score (nSPS) is 10.4. The lowest BCUT2D eigenvalue weighted by Gasteiger charge is -2.12. The Bertz CT molecular complexity index is 993. The average Bonchev–Trinajstić information content (AvgIpc) is 3.03. The van der Waals surface area contributed by atoms with Gasteiger partial charge in [0.05, 0.1) is 0 Å². The fourth-order valence-corrected chi connectivity index (χ4v) is 2.97. The van der Waals surface area contributed by atoms with E-state index in [0.717, 1.165) is 17.0 Å². The Morgan fingerprint density at radius 2 is 1.69 bits per heavy atom. The molecule has 3 aromatic rings. The Balaban J connectivity index is 1.48. The van der Waals surface area contributed by atoms with Crippen molar-refractivity contribution >= 4 is 23.4 Å². The lowest BCUT2D eigenvalue weighted by Crippen LogP contribution is -2.28. The Labute approximate surface area is 174 Å². The van der Waals surface area contributed by atoms with Gasteiger partial charge >= 0.3 is 0 Å². The number of nitrogens with zero attached hydrogens (tertiary/aromatic N) is 1. The van der Waals surface area contributed by atoms with E-state index in [4.69, 9.17) is 16.3 Å². The van der Waals surface area contributed by atoms with Crippen molar-refractivity contribution in [2.24, 2.45) is 0 Å². The van der Waals surface area contributed by atoms with Gasteiger partial charge in [0.15, 0.2) is 6.61 Å². The van der Waals surface area contributed by atoms with Crippen molar-refractivity contribution in [3.63, 3.8) is 0 Å². The largest absolute Gasteiger partial charge is 0.484 e. The summed E-state index contributed by atoms with van der Waals surface area (Å²) in [6, 6.07) is 17.8. The summed E-state index contributed by atoms with van der Waals surface area (Å²) in [4.78, 5) is 24.3. The van der Waals surface area contributed by atoms with E-state index in [2.05, 4.69) is 10.7 Å². The molecule has 0 saturated carbocycles. The highest BCUT2D eigenvalue weighted by molar-refractivity contribution is 6.30. The van der Waals surface area contributed by atoms with Crippen molar-refractivity contribution in [3.8, 4) is 5.75 Å². The minimum absolute atomic E-state index is 0.117. The van der Waals surface area contributed by atoms with Gasteiger partial charge in [-0.05, 0) is 67.9 Å². The van der Waals surface area contributed by atoms with E-state index in [0.29, 0.717) is 22.9 Å². The van der Waals surface area contributed by atoms with Gasteiger partial charge in [-0.3, -0.25) is 19.7 Å². The minimum Gasteiger partial charge on any atom is -0.484 e. The maximum atomic E-state index is 12.4. The summed E-state index contributed by atoms with van der Waals surface area (Å²) >= 11 is 5.92. The summed E-state index contributed by atoms with van der Waals surface area (Å²) in [5.41, 5.74) is 6.14. The second-order valence-corrected chi connectivity index (χ2v) is 7.05. The number of hydrogen-bond acceptors (Lipinski definition) is 3. The molecule has 0 radical (unpaired) electrons. The molecule has 0 aliphatic heterocycles. The first-order valence-corrected chi connectivity index (χ1v) is 9.50. The van der Waals surface area contributed by atoms with Crippen LogP contribution in [0, 0.1) is 13.8 Å². The second kappa shape index (κ2) is 9.30. The van der Waals surface area contributed by atoms with Crippen molar-refractivity contribution < 1.29 is 14.3 Å². The monoisotopic (exact) mass is 411 g/mol. The van der Waals surface area contributed by atoms with E-state index in [9.17, 15) is 9.59 Å².